The zero-order chi connectivity index (χ0) is 13.1. The zero-order valence-electron chi connectivity index (χ0n) is 9.73. The summed E-state index contributed by atoms with van der Waals surface area (Å²) < 4.78 is 5.60. The smallest absolute Gasteiger partial charge is 0.219 e. The van der Waals surface area contributed by atoms with Crippen LogP contribution in [0, 0.1) is 0 Å². The standard InChI is InChI=1S/C13H12Cl2N2O/c1-8(16)9-5-6-17-12(7-9)18-11-4-2-3-10(14)13(11)15/h2-8H,16H2,1H3/t8-/m0/s1. The van der Waals surface area contributed by atoms with Crippen LogP contribution in [0.15, 0.2) is 36.5 Å². The molecule has 0 saturated carbocycles. The van der Waals surface area contributed by atoms with Crippen LogP contribution in [0.25, 0.3) is 0 Å². The number of rotatable bonds is 3. The van der Waals surface area contributed by atoms with Gasteiger partial charge in [0.2, 0.25) is 5.88 Å². The van der Waals surface area contributed by atoms with E-state index in [9.17, 15) is 0 Å². The molecular formula is C13H12Cl2N2O. The third-order valence-corrected chi connectivity index (χ3v) is 3.22. The van der Waals surface area contributed by atoms with Gasteiger partial charge in [-0.1, -0.05) is 29.3 Å². The molecule has 2 N–H and O–H groups in total. The van der Waals surface area contributed by atoms with Crippen LogP contribution in [0.1, 0.15) is 18.5 Å². The van der Waals surface area contributed by atoms with Crippen molar-refractivity contribution in [2.45, 2.75) is 13.0 Å². The normalized spacial score (nSPS) is 12.2. The van der Waals surface area contributed by atoms with Gasteiger partial charge in [-0.05, 0) is 30.7 Å². The summed E-state index contributed by atoms with van der Waals surface area (Å²) in [6, 6.07) is 8.74. The predicted octanol–water partition coefficient (Wildman–Crippen LogP) is 4.20. The van der Waals surface area contributed by atoms with Gasteiger partial charge >= 0.3 is 0 Å². The Kier molecular flexibility index (Phi) is 4.07. The second kappa shape index (κ2) is 5.57. The van der Waals surface area contributed by atoms with Gasteiger partial charge in [0.15, 0.2) is 0 Å². The SMILES string of the molecule is C[C@H](N)c1ccnc(Oc2cccc(Cl)c2Cl)c1. The molecule has 0 saturated heterocycles. The third-order valence-electron chi connectivity index (χ3n) is 2.42. The van der Waals surface area contributed by atoms with Gasteiger partial charge in [-0.25, -0.2) is 4.98 Å². The van der Waals surface area contributed by atoms with E-state index in [0.717, 1.165) is 5.56 Å². The number of aromatic nitrogens is 1. The van der Waals surface area contributed by atoms with E-state index in [1.807, 2.05) is 13.0 Å². The summed E-state index contributed by atoms with van der Waals surface area (Å²) in [5, 5.41) is 0.810. The fourth-order valence-electron chi connectivity index (χ4n) is 1.44. The monoisotopic (exact) mass is 282 g/mol. The lowest BCUT2D eigenvalue weighted by atomic mass is 10.1. The van der Waals surface area contributed by atoms with Gasteiger partial charge in [-0.15, -0.1) is 0 Å². The number of benzene rings is 1. The maximum Gasteiger partial charge on any atom is 0.219 e. The van der Waals surface area contributed by atoms with Gasteiger partial charge in [0.1, 0.15) is 10.8 Å². The van der Waals surface area contributed by atoms with E-state index in [0.29, 0.717) is 21.7 Å². The second-order valence-electron chi connectivity index (χ2n) is 3.87. The molecule has 0 unspecified atom stereocenters. The van der Waals surface area contributed by atoms with Gasteiger partial charge in [-0.2, -0.15) is 0 Å². The minimum absolute atomic E-state index is 0.0785. The summed E-state index contributed by atoms with van der Waals surface area (Å²) in [5.41, 5.74) is 6.74. The van der Waals surface area contributed by atoms with Crippen LogP contribution in [0.3, 0.4) is 0 Å². The number of hydrogen-bond acceptors (Lipinski definition) is 3. The molecule has 0 bridgehead atoms. The molecule has 5 heteroatoms. The van der Waals surface area contributed by atoms with Crippen molar-refractivity contribution in [2.75, 3.05) is 0 Å². The molecule has 94 valence electrons. The highest BCUT2D eigenvalue weighted by molar-refractivity contribution is 6.42. The van der Waals surface area contributed by atoms with Crippen molar-refractivity contribution in [3.8, 4) is 11.6 Å². The van der Waals surface area contributed by atoms with Crippen molar-refractivity contribution in [3.63, 3.8) is 0 Å². The third kappa shape index (κ3) is 2.93. The van der Waals surface area contributed by atoms with Crippen LogP contribution >= 0.6 is 23.2 Å². The molecular weight excluding hydrogens is 271 g/mol. The lowest BCUT2D eigenvalue weighted by molar-refractivity contribution is 0.462. The van der Waals surface area contributed by atoms with E-state index in [1.54, 1.807) is 30.5 Å². The number of hydrogen-bond donors (Lipinski definition) is 1. The lowest BCUT2D eigenvalue weighted by Crippen LogP contribution is -2.05. The van der Waals surface area contributed by atoms with Crippen molar-refractivity contribution in [3.05, 3.63) is 52.1 Å². The number of nitrogens with two attached hydrogens (primary N) is 1. The number of pyridine rings is 1. The van der Waals surface area contributed by atoms with Gasteiger partial charge in [-0.3, -0.25) is 0 Å². The fraction of sp³-hybridized carbons (Fsp3) is 0.154. The average molecular weight is 283 g/mol. The van der Waals surface area contributed by atoms with Crippen LogP contribution < -0.4 is 10.5 Å². The summed E-state index contributed by atoms with van der Waals surface area (Å²) in [5.74, 6) is 0.910. The first-order valence-corrected chi connectivity index (χ1v) is 6.17. The molecule has 1 atom stereocenters. The molecule has 0 amide bonds. The molecule has 0 spiro atoms. The van der Waals surface area contributed by atoms with E-state index >= 15 is 0 Å². The molecule has 0 aliphatic carbocycles. The van der Waals surface area contributed by atoms with Crippen molar-refractivity contribution in [1.82, 2.24) is 4.98 Å². The molecule has 1 aromatic heterocycles. The predicted molar refractivity (Wildman–Crippen MR) is 73.4 cm³/mol. The largest absolute Gasteiger partial charge is 0.437 e. The Morgan fingerprint density at radius 2 is 2.06 bits per heavy atom. The summed E-state index contributed by atoms with van der Waals surface area (Å²) in [6.07, 6.45) is 1.65. The topological polar surface area (TPSA) is 48.1 Å². The minimum atomic E-state index is -0.0785. The fourth-order valence-corrected chi connectivity index (χ4v) is 1.77. The average Bonchev–Trinajstić information content (AvgIpc) is 2.35. The Morgan fingerprint density at radius 3 is 2.78 bits per heavy atom. The van der Waals surface area contributed by atoms with Crippen molar-refractivity contribution >= 4 is 23.2 Å². The molecule has 0 radical (unpaired) electrons. The Morgan fingerprint density at radius 1 is 1.28 bits per heavy atom. The van der Waals surface area contributed by atoms with Gasteiger partial charge in [0.05, 0.1) is 5.02 Å². The van der Waals surface area contributed by atoms with Crippen molar-refractivity contribution in [2.24, 2.45) is 5.73 Å². The number of ether oxygens (including phenoxy) is 1. The van der Waals surface area contributed by atoms with Gasteiger partial charge in [0.25, 0.3) is 0 Å². The van der Waals surface area contributed by atoms with Crippen LogP contribution in [0.5, 0.6) is 11.6 Å². The molecule has 2 aromatic rings. The Hall–Kier alpha value is -1.29. The molecule has 1 aromatic carbocycles. The van der Waals surface area contributed by atoms with Gasteiger partial charge < -0.3 is 10.5 Å². The second-order valence-corrected chi connectivity index (χ2v) is 4.66. The molecule has 0 aliphatic rings. The highest BCUT2D eigenvalue weighted by atomic mass is 35.5. The summed E-state index contributed by atoms with van der Waals surface area (Å²) in [6.45, 7) is 1.89. The molecule has 18 heavy (non-hydrogen) atoms. The minimum Gasteiger partial charge on any atom is -0.437 e. The highest BCUT2D eigenvalue weighted by Crippen LogP contribution is 2.34. The highest BCUT2D eigenvalue weighted by Gasteiger charge is 2.08. The maximum atomic E-state index is 6.04. The van der Waals surface area contributed by atoms with Crippen LogP contribution in [0.2, 0.25) is 10.0 Å². The molecule has 3 nitrogen and oxygen atoms in total. The Labute approximate surface area is 115 Å². The first-order chi connectivity index (χ1) is 8.58. The number of halogens is 2. The Balaban J connectivity index is 2.28. The quantitative estimate of drug-likeness (QED) is 0.918. The van der Waals surface area contributed by atoms with Crippen molar-refractivity contribution < 1.29 is 4.74 Å². The molecule has 0 aliphatic heterocycles. The van der Waals surface area contributed by atoms with E-state index in [-0.39, 0.29) is 6.04 Å². The van der Waals surface area contributed by atoms with Gasteiger partial charge in [0, 0.05) is 18.3 Å². The molecule has 2 rings (SSSR count). The molecule has 0 fully saturated rings. The zero-order valence-corrected chi connectivity index (χ0v) is 11.2. The van der Waals surface area contributed by atoms with Crippen LogP contribution in [0.4, 0.5) is 0 Å². The Bertz CT molecular complexity index is 558. The van der Waals surface area contributed by atoms with Crippen molar-refractivity contribution in [1.29, 1.82) is 0 Å². The lowest BCUT2D eigenvalue weighted by Gasteiger charge is -2.10. The van der Waals surface area contributed by atoms with E-state index in [4.69, 9.17) is 33.7 Å². The summed E-state index contributed by atoms with van der Waals surface area (Å²) in [7, 11) is 0. The van der Waals surface area contributed by atoms with Crippen LogP contribution in [-0.4, -0.2) is 4.98 Å². The van der Waals surface area contributed by atoms with E-state index in [2.05, 4.69) is 4.98 Å². The summed E-state index contributed by atoms with van der Waals surface area (Å²) >= 11 is 11.9. The van der Waals surface area contributed by atoms with E-state index in [1.165, 1.54) is 0 Å². The maximum absolute atomic E-state index is 6.04. The first kappa shape index (κ1) is 13.1. The summed E-state index contributed by atoms with van der Waals surface area (Å²) in [4.78, 5) is 4.11. The van der Waals surface area contributed by atoms with Crippen LogP contribution in [-0.2, 0) is 0 Å². The number of nitrogens with zero attached hydrogens (tertiary/aromatic N) is 1. The molecule has 1 heterocycles. The first-order valence-electron chi connectivity index (χ1n) is 5.41. The van der Waals surface area contributed by atoms with E-state index < -0.39 is 0 Å².